The molecule has 0 radical (unpaired) electrons. The van der Waals surface area contributed by atoms with E-state index in [-0.39, 0.29) is 6.03 Å². The van der Waals surface area contributed by atoms with Crippen LogP contribution in [0.25, 0.3) is 0 Å². The molecule has 5 nitrogen and oxygen atoms in total. The third kappa shape index (κ3) is 4.72. The van der Waals surface area contributed by atoms with E-state index < -0.39 is 0 Å². The van der Waals surface area contributed by atoms with Crippen LogP contribution in [-0.4, -0.2) is 48.6 Å². The van der Waals surface area contributed by atoms with E-state index >= 15 is 0 Å². The fourth-order valence-corrected chi connectivity index (χ4v) is 3.88. The summed E-state index contributed by atoms with van der Waals surface area (Å²) in [5, 5.41) is 6.10. The van der Waals surface area contributed by atoms with Crippen molar-refractivity contribution in [3.63, 3.8) is 0 Å². The molecule has 2 amide bonds. The van der Waals surface area contributed by atoms with E-state index in [2.05, 4.69) is 47.2 Å². The molecule has 25 heavy (non-hydrogen) atoms. The first-order valence-electron chi connectivity index (χ1n) is 8.87. The second-order valence-corrected chi connectivity index (χ2v) is 7.43. The predicted molar refractivity (Wildman–Crippen MR) is 104 cm³/mol. The molecule has 1 aliphatic heterocycles. The van der Waals surface area contributed by atoms with Crippen LogP contribution >= 0.6 is 11.3 Å². The van der Waals surface area contributed by atoms with Crippen LogP contribution in [0, 0.1) is 13.8 Å². The van der Waals surface area contributed by atoms with Crippen LogP contribution in [0.5, 0.6) is 0 Å². The minimum absolute atomic E-state index is 0.0550. The summed E-state index contributed by atoms with van der Waals surface area (Å²) in [6.45, 7) is 8.20. The van der Waals surface area contributed by atoms with Gasteiger partial charge in [0.15, 0.2) is 5.13 Å². The Morgan fingerprint density at radius 1 is 1.24 bits per heavy atom. The maximum Gasteiger partial charge on any atom is 0.317 e. The quantitative estimate of drug-likeness (QED) is 0.835. The van der Waals surface area contributed by atoms with E-state index in [1.165, 1.54) is 16.7 Å². The summed E-state index contributed by atoms with van der Waals surface area (Å²) in [6.07, 6.45) is 3.80. The topological polar surface area (TPSA) is 48.5 Å². The number of nitrogens with zero attached hydrogens (tertiary/aromatic N) is 3. The van der Waals surface area contributed by atoms with Crippen LogP contribution in [0.4, 0.5) is 9.93 Å². The Bertz CT molecular complexity index is 693. The van der Waals surface area contributed by atoms with Gasteiger partial charge in [-0.2, -0.15) is 0 Å². The number of carbonyl (C=O) groups excluding carboxylic acids is 1. The Kier molecular flexibility index (Phi) is 5.91. The molecule has 0 atom stereocenters. The zero-order valence-corrected chi connectivity index (χ0v) is 15.8. The number of piperazine rings is 1. The smallest absolute Gasteiger partial charge is 0.317 e. The van der Waals surface area contributed by atoms with Gasteiger partial charge in [0.25, 0.3) is 0 Å². The molecule has 1 fully saturated rings. The standard InChI is InChI=1S/C19H26N4OS/c1-15-5-6-17(16(2)14-15)4-3-7-20-18(24)22-9-11-23(12-10-22)19-21-8-13-25-19/h5-6,8,13-14H,3-4,7,9-12H2,1-2H3,(H,20,24). The lowest BCUT2D eigenvalue weighted by Gasteiger charge is -2.34. The molecule has 1 aromatic heterocycles. The molecule has 0 bridgehead atoms. The molecular weight excluding hydrogens is 332 g/mol. The molecule has 1 saturated heterocycles. The van der Waals surface area contributed by atoms with Gasteiger partial charge in [0, 0.05) is 44.3 Å². The molecule has 3 rings (SSSR count). The largest absolute Gasteiger partial charge is 0.345 e. The molecule has 0 unspecified atom stereocenters. The average molecular weight is 359 g/mol. The van der Waals surface area contributed by atoms with Crippen LogP contribution in [0.1, 0.15) is 23.1 Å². The molecule has 1 N–H and O–H groups in total. The van der Waals surface area contributed by atoms with E-state index in [0.717, 1.165) is 50.7 Å². The number of aryl methyl sites for hydroxylation is 3. The van der Waals surface area contributed by atoms with Crippen molar-refractivity contribution < 1.29 is 4.79 Å². The highest BCUT2D eigenvalue weighted by molar-refractivity contribution is 7.13. The summed E-state index contributed by atoms with van der Waals surface area (Å²) in [5.41, 5.74) is 4.01. The number of anilines is 1. The number of nitrogens with one attached hydrogen (secondary N) is 1. The Labute approximate surface area is 153 Å². The highest BCUT2D eigenvalue weighted by atomic mass is 32.1. The Morgan fingerprint density at radius 3 is 2.72 bits per heavy atom. The lowest BCUT2D eigenvalue weighted by Crippen LogP contribution is -2.52. The van der Waals surface area contributed by atoms with E-state index in [1.54, 1.807) is 11.3 Å². The fourth-order valence-electron chi connectivity index (χ4n) is 3.19. The number of benzene rings is 1. The predicted octanol–water partition coefficient (Wildman–Crippen LogP) is 3.22. The van der Waals surface area contributed by atoms with Crippen molar-refractivity contribution in [2.45, 2.75) is 26.7 Å². The maximum atomic E-state index is 12.3. The van der Waals surface area contributed by atoms with Gasteiger partial charge in [-0.3, -0.25) is 0 Å². The molecule has 134 valence electrons. The van der Waals surface area contributed by atoms with E-state index in [4.69, 9.17) is 0 Å². The van der Waals surface area contributed by atoms with Gasteiger partial charge < -0.3 is 15.1 Å². The summed E-state index contributed by atoms with van der Waals surface area (Å²) in [4.78, 5) is 20.8. The highest BCUT2D eigenvalue weighted by Gasteiger charge is 2.21. The zero-order chi connectivity index (χ0) is 17.6. The first-order valence-corrected chi connectivity index (χ1v) is 9.75. The number of amides is 2. The van der Waals surface area contributed by atoms with Gasteiger partial charge in [-0.1, -0.05) is 23.8 Å². The normalized spacial score (nSPS) is 14.6. The summed E-state index contributed by atoms with van der Waals surface area (Å²) in [7, 11) is 0. The van der Waals surface area contributed by atoms with Gasteiger partial charge in [0.05, 0.1) is 0 Å². The van der Waals surface area contributed by atoms with E-state index in [9.17, 15) is 4.79 Å². The fraction of sp³-hybridized carbons (Fsp3) is 0.474. The van der Waals surface area contributed by atoms with Gasteiger partial charge in [-0.15, -0.1) is 11.3 Å². The summed E-state index contributed by atoms with van der Waals surface area (Å²) in [5.74, 6) is 0. The molecule has 1 aromatic carbocycles. The van der Waals surface area contributed by atoms with Crippen molar-refractivity contribution in [2.75, 3.05) is 37.6 Å². The molecule has 0 aliphatic carbocycles. The Morgan fingerprint density at radius 2 is 2.04 bits per heavy atom. The minimum Gasteiger partial charge on any atom is -0.345 e. The first kappa shape index (κ1) is 17.7. The molecule has 2 heterocycles. The van der Waals surface area contributed by atoms with Gasteiger partial charge in [0.2, 0.25) is 0 Å². The first-order chi connectivity index (χ1) is 12.1. The van der Waals surface area contributed by atoms with Crippen LogP contribution in [0.3, 0.4) is 0 Å². The van der Waals surface area contributed by atoms with Crippen LogP contribution in [0.2, 0.25) is 0 Å². The number of thiazole rings is 1. The van der Waals surface area contributed by atoms with Crippen molar-refractivity contribution in [2.24, 2.45) is 0 Å². The number of hydrogen-bond acceptors (Lipinski definition) is 4. The third-order valence-electron chi connectivity index (χ3n) is 4.65. The Hall–Kier alpha value is -2.08. The minimum atomic E-state index is 0.0550. The third-order valence-corrected chi connectivity index (χ3v) is 5.49. The van der Waals surface area contributed by atoms with Gasteiger partial charge in [-0.05, 0) is 37.8 Å². The average Bonchev–Trinajstić information content (AvgIpc) is 3.15. The molecule has 6 heteroatoms. The molecule has 2 aromatic rings. The SMILES string of the molecule is Cc1ccc(CCCNC(=O)N2CCN(c3nccs3)CC2)c(C)c1. The summed E-state index contributed by atoms with van der Waals surface area (Å²) in [6, 6.07) is 6.63. The van der Waals surface area contributed by atoms with Crippen molar-refractivity contribution in [3.8, 4) is 0 Å². The van der Waals surface area contributed by atoms with Gasteiger partial charge in [-0.25, -0.2) is 9.78 Å². The lowest BCUT2D eigenvalue weighted by atomic mass is 10.0. The number of aromatic nitrogens is 1. The van der Waals surface area contributed by atoms with E-state index in [1.807, 2.05) is 16.5 Å². The van der Waals surface area contributed by atoms with Crippen LogP contribution < -0.4 is 10.2 Å². The van der Waals surface area contributed by atoms with Crippen molar-refractivity contribution in [1.29, 1.82) is 0 Å². The Balaban J connectivity index is 1.37. The number of hydrogen-bond donors (Lipinski definition) is 1. The van der Waals surface area contributed by atoms with Crippen molar-refractivity contribution in [3.05, 3.63) is 46.5 Å². The van der Waals surface area contributed by atoms with Crippen LogP contribution in [-0.2, 0) is 6.42 Å². The molecule has 0 saturated carbocycles. The lowest BCUT2D eigenvalue weighted by molar-refractivity contribution is 0.194. The highest BCUT2D eigenvalue weighted by Crippen LogP contribution is 2.18. The second kappa shape index (κ2) is 8.34. The molecular formula is C19H26N4OS. The van der Waals surface area contributed by atoms with Gasteiger partial charge in [0.1, 0.15) is 0 Å². The second-order valence-electron chi connectivity index (χ2n) is 6.55. The van der Waals surface area contributed by atoms with Crippen LogP contribution in [0.15, 0.2) is 29.8 Å². The number of rotatable bonds is 5. The van der Waals surface area contributed by atoms with Crippen molar-refractivity contribution >= 4 is 22.5 Å². The zero-order valence-electron chi connectivity index (χ0n) is 15.0. The summed E-state index contributed by atoms with van der Waals surface area (Å²) < 4.78 is 0. The monoisotopic (exact) mass is 358 g/mol. The van der Waals surface area contributed by atoms with E-state index in [0.29, 0.717) is 0 Å². The molecule has 0 spiro atoms. The number of carbonyl (C=O) groups is 1. The molecule has 1 aliphatic rings. The number of urea groups is 1. The van der Waals surface area contributed by atoms with Crippen molar-refractivity contribution in [1.82, 2.24) is 15.2 Å². The maximum absolute atomic E-state index is 12.3. The van der Waals surface area contributed by atoms with Gasteiger partial charge >= 0.3 is 6.03 Å². The summed E-state index contributed by atoms with van der Waals surface area (Å²) >= 11 is 1.65.